The second-order valence-corrected chi connectivity index (χ2v) is 3.62. The molecule has 0 saturated heterocycles. The normalized spacial score (nSPS) is 11.8. The zero-order chi connectivity index (χ0) is 12.8. The Bertz CT molecular complexity index is 451. The van der Waals surface area contributed by atoms with Crippen LogP contribution >= 0.6 is 0 Å². The van der Waals surface area contributed by atoms with Crippen LogP contribution in [0.3, 0.4) is 0 Å². The summed E-state index contributed by atoms with van der Waals surface area (Å²) in [4.78, 5) is 10.7. The van der Waals surface area contributed by atoms with Crippen molar-refractivity contribution in [2.45, 2.75) is 25.9 Å². The van der Waals surface area contributed by atoms with Crippen LogP contribution in [-0.4, -0.2) is 17.1 Å². The molecule has 90 valence electrons. The molecule has 17 heavy (non-hydrogen) atoms. The first-order valence-corrected chi connectivity index (χ1v) is 5.29. The molecule has 1 rings (SSSR count). The lowest BCUT2D eigenvalue weighted by Gasteiger charge is -2.11. The van der Waals surface area contributed by atoms with Crippen molar-refractivity contribution in [3.05, 3.63) is 35.1 Å². The van der Waals surface area contributed by atoms with E-state index in [1.54, 1.807) is 0 Å². The van der Waals surface area contributed by atoms with Crippen molar-refractivity contribution in [2.24, 2.45) is 0 Å². The van der Waals surface area contributed by atoms with E-state index < -0.39 is 11.8 Å². The highest BCUT2D eigenvalue weighted by Crippen LogP contribution is 2.11. The SMILES string of the molecule is C#CC(CC)NCc1cc(C(=O)O)ccc1F. The Morgan fingerprint density at radius 2 is 2.35 bits per heavy atom. The zero-order valence-electron chi connectivity index (χ0n) is 9.53. The molecule has 0 aliphatic carbocycles. The van der Waals surface area contributed by atoms with Gasteiger partial charge >= 0.3 is 5.97 Å². The van der Waals surface area contributed by atoms with Gasteiger partial charge in [-0.15, -0.1) is 6.42 Å². The van der Waals surface area contributed by atoms with Gasteiger partial charge in [0, 0.05) is 12.1 Å². The molecule has 0 fully saturated rings. The first-order chi connectivity index (χ1) is 8.08. The molecule has 0 aromatic heterocycles. The highest BCUT2D eigenvalue weighted by atomic mass is 19.1. The standard InChI is InChI=1S/C13H14FNO2/c1-3-11(4-2)15-8-10-7-9(13(16)17)5-6-12(10)14/h1,5-7,11,15H,4,8H2,2H3,(H,16,17). The predicted octanol–water partition coefficient (Wildman–Crippen LogP) is 2.03. The molecule has 0 saturated carbocycles. The molecule has 3 nitrogen and oxygen atoms in total. The van der Waals surface area contributed by atoms with Gasteiger partial charge in [0.2, 0.25) is 0 Å². The minimum absolute atomic E-state index is 0.0666. The number of hydrogen-bond donors (Lipinski definition) is 2. The Labute approximate surface area is 99.7 Å². The number of nitrogens with one attached hydrogen (secondary N) is 1. The quantitative estimate of drug-likeness (QED) is 0.768. The van der Waals surface area contributed by atoms with Gasteiger partial charge in [-0.3, -0.25) is 5.32 Å². The number of rotatable bonds is 5. The number of carboxylic acids is 1. The highest BCUT2D eigenvalue weighted by molar-refractivity contribution is 5.87. The van der Waals surface area contributed by atoms with Crippen molar-refractivity contribution in [2.75, 3.05) is 0 Å². The van der Waals surface area contributed by atoms with Crippen LogP contribution in [0.4, 0.5) is 4.39 Å². The Balaban J connectivity index is 2.80. The molecule has 0 spiro atoms. The molecule has 2 N–H and O–H groups in total. The lowest BCUT2D eigenvalue weighted by Crippen LogP contribution is -2.26. The van der Waals surface area contributed by atoms with Crippen molar-refractivity contribution in [3.63, 3.8) is 0 Å². The van der Waals surface area contributed by atoms with Gasteiger partial charge in [-0.2, -0.15) is 0 Å². The molecule has 1 unspecified atom stereocenters. The smallest absolute Gasteiger partial charge is 0.335 e. The second kappa shape index (κ2) is 6.02. The maximum Gasteiger partial charge on any atom is 0.335 e. The summed E-state index contributed by atoms with van der Waals surface area (Å²) in [6.07, 6.45) is 6.00. The Morgan fingerprint density at radius 1 is 1.65 bits per heavy atom. The molecule has 0 aliphatic rings. The predicted molar refractivity (Wildman–Crippen MR) is 63.1 cm³/mol. The van der Waals surface area contributed by atoms with Crippen molar-refractivity contribution in [3.8, 4) is 12.3 Å². The monoisotopic (exact) mass is 235 g/mol. The molecule has 0 radical (unpaired) electrons. The third kappa shape index (κ3) is 3.58. The number of carbonyl (C=O) groups is 1. The molecule has 0 heterocycles. The van der Waals surface area contributed by atoms with Gasteiger partial charge in [-0.25, -0.2) is 9.18 Å². The van der Waals surface area contributed by atoms with Crippen LogP contribution in [0.2, 0.25) is 0 Å². The molecule has 1 aromatic rings. The summed E-state index contributed by atoms with van der Waals surface area (Å²) in [6.45, 7) is 2.14. The lowest BCUT2D eigenvalue weighted by molar-refractivity contribution is 0.0696. The molecule has 4 heteroatoms. The van der Waals surface area contributed by atoms with Gasteiger partial charge in [0.25, 0.3) is 0 Å². The van der Waals surface area contributed by atoms with E-state index in [1.165, 1.54) is 12.1 Å². The summed E-state index contributed by atoms with van der Waals surface area (Å²) < 4.78 is 13.4. The van der Waals surface area contributed by atoms with E-state index in [0.717, 1.165) is 12.5 Å². The Hall–Kier alpha value is -1.86. The highest BCUT2D eigenvalue weighted by Gasteiger charge is 2.09. The van der Waals surface area contributed by atoms with Crippen LogP contribution in [-0.2, 0) is 6.54 Å². The fourth-order valence-electron chi connectivity index (χ4n) is 1.40. The van der Waals surface area contributed by atoms with E-state index in [1.807, 2.05) is 6.92 Å². The average Bonchev–Trinajstić information content (AvgIpc) is 2.32. The maximum atomic E-state index is 13.4. The molecule has 1 atom stereocenters. The Morgan fingerprint density at radius 3 is 2.88 bits per heavy atom. The Kier molecular flexibility index (Phi) is 4.68. The van der Waals surface area contributed by atoms with Gasteiger partial charge in [0.1, 0.15) is 5.82 Å². The molecule has 1 aromatic carbocycles. The third-order valence-corrected chi connectivity index (χ3v) is 2.44. The third-order valence-electron chi connectivity index (χ3n) is 2.44. The largest absolute Gasteiger partial charge is 0.478 e. The molecule has 0 aliphatic heterocycles. The van der Waals surface area contributed by atoms with E-state index in [9.17, 15) is 9.18 Å². The van der Waals surface area contributed by atoms with Crippen LogP contribution in [0.5, 0.6) is 0 Å². The maximum absolute atomic E-state index is 13.4. The molecular weight excluding hydrogens is 221 g/mol. The number of halogens is 1. The number of hydrogen-bond acceptors (Lipinski definition) is 2. The summed E-state index contributed by atoms with van der Waals surface area (Å²) in [5.74, 6) is 1.02. The zero-order valence-corrected chi connectivity index (χ0v) is 9.53. The van der Waals surface area contributed by atoms with Crippen LogP contribution in [0, 0.1) is 18.2 Å². The topological polar surface area (TPSA) is 49.3 Å². The minimum atomic E-state index is -1.07. The van der Waals surface area contributed by atoms with Gasteiger partial charge < -0.3 is 5.11 Å². The fraction of sp³-hybridized carbons (Fsp3) is 0.308. The summed E-state index contributed by atoms with van der Waals surface area (Å²) in [6, 6.07) is 3.56. The van der Waals surface area contributed by atoms with Gasteiger partial charge in [0.05, 0.1) is 11.6 Å². The van der Waals surface area contributed by atoms with Gasteiger partial charge in [0.15, 0.2) is 0 Å². The van der Waals surface area contributed by atoms with Crippen molar-refractivity contribution in [1.29, 1.82) is 0 Å². The van der Waals surface area contributed by atoms with Crippen LogP contribution in [0.1, 0.15) is 29.3 Å². The summed E-state index contributed by atoms with van der Waals surface area (Å²) >= 11 is 0. The first-order valence-electron chi connectivity index (χ1n) is 5.29. The molecular formula is C13H14FNO2. The van der Waals surface area contributed by atoms with E-state index in [0.29, 0.717) is 5.56 Å². The second-order valence-electron chi connectivity index (χ2n) is 3.62. The lowest BCUT2D eigenvalue weighted by atomic mass is 10.1. The molecule has 0 amide bonds. The van der Waals surface area contributed by atoms with Crippen molar-refractivity contribution >= 4 is 5.97 Å². The van der Waals surface area contributed by atoms with Crippen LogP contribution < -0.4 is 5.32 Å². The number of carboxylic acid groups (broad SMARTS) is 1. The van der Waals surface area contributed by atoms with Gasteiger partial charge in [-0.05, 0) is 24.6 Å². The average molecular weight is 235 g/mol. The van der Waals surface area contributed by atoms with Crippen molar-refractivity contribution < 1.29 is 14.3 Å². The van der Waals surface area contributed by atoms with E-state index in [4.69, 9.17) is 11.5 Å². The minimum Gasteiger partial charge on any atom is -0.478 e. The van der Waals surface area contributed by atoms with Crippen LogP contribution in [0.15, 0.2) is 18.2 Å². The fourth-order valence-corrected chi connectivity index (χ4v) is 1.40. The summed E-state index contributed by atoms with van der Waals surface area (Å²) in [7, 11) is 0. The number of benzene rings is 1. The van der Waals surface area contributed by atoms with E-state index >= 15 is 0 Å². The van der Waals surface area contributed by atoms with Gasteiger partial charge in [-0.1, -0.05) is 12.8 Å². The van der Waals surface area contributed by atoms with Crippen molar-refractivity contribution in [1.82, 2.24) is 5.32 Å². The number of terminal acetylenes is 1. The van der Waals surface area contributed by atoms with E-state index in [-0.39, 0.29) is 18.2 Å². The van der Waals surface area contributed by atoms with E-state index in [2.05, 4.69) is 11.2 Å². The summed E-state index contributed by atoms with van der Waals surface area (Å²) in [5.41, 5.74) is 0.371. The first kappa shape index (κ1) is 13.2. The molecule has 0 bridgehead atoms. The number of aromatic carboxylic acids is 1. The summed E-state index contributed by atoms with van der Waals surface area (Å²) in [5, 5.41) is 11.8. The van der Waals surface area contributed by atoms with Crippen LogP contribution in [0.25, 0.3) is 0 Å².